The number of unbranched alkanes of at least 4 members (excludes halogenated alkanes) is 1. The van der Waals surface area contributed by atoms with Gasteiger partial charge < -0.3 is 32.8 Å². The standard InChI is InChI=1S/C22H48O7Si/c1-7-8-9-23-10-11-24-12-13-25-14-15-26-16-17-27-18-19-28-20-21-29-30(5,6)22(2,3)4/h7-21H2,1-6H3. The first-order chi connectivity index (χ1) is 14.3. The first-order valence-corrected chi connectivity index (χ1v) is 14.3. The van der Waals surface area contributed by atoms with E-state index in [1.54, 1.807) is 0 Å². The summed E-state index contributed by atoms with van der Waals surface area (Å²) in [4.78, 5) is 0. The molecule has 0 aromatic carbocycles. The number of ether oxygens (including phenoxy) is 6. The van der Waals surface area contributed by atoms with Gasteiger partial charge in [-0.2, -0.15) is 0 Å². The van der Waals surface area contributed by atoms with Crippen molar-refractivity contribution in [2.45, 2.75) is 58.7 Å². The predicted octanol–water partition coefficient (Wildman–Crippen LogP) is 3.91. The Kier molecular flexibility index (Phi) is 19.6. The Balaban J connectivity index is 3.17. The molecule has 0 aliphatic carbocycles. The molecule has 0 aliphatic heterocycles. The van der Waals surface area contributed by atoms with Gasteiger partial charge in [-0.25, -0.2) is 0 Å². The Hall–Kier alpha value is -0.0631. The third-order valence-corrected chi connectivity index (χ3v) is 9.54. The molecule has 0 bridgehead atoms. The average molecular weight is 453 g/mol. The van der Waals surface area contributed by atoms with Crippen LogP contribution in [0.25, 0.3) is 0 Å². The number of rotatable bonds is 22. The number of hydrogen-bond donors (Lipinski definition) is 0. The van der Waals surface area contributed by atoms with Gasteiger partial charge in [0.1, 0.15) is 0 Å². The fraction of sp³-hybridized carbons (Fsp3) is 1.00. The molecule has 7 nitrogen and oxygen atoms in total. The maximum atomic E-state index is 6.06. The van der Waals surface area contributed by atoms with Gasteiger partial charge >= 0.3 is 0 Å². The Labute approximate surface area is 186 Å². The number of hydrogen-bond acceptors (Lipinski definition) is 7. The Bertz CT molecular complexity index is 362. The largest absolute Gasteiger partial charge is 0.414 e. The van der Waals surface area contributed by atoms with Crippen LogP contribution in [0.3, 0.4) is 0 Å². The zero-order valence-corrected chi connectivity index (χ0v) is 21.5. The third-order valence-electron chi connectivity index (χ3n) is 5.00. The van der Waals surface area contributed by atoms with E-state index < -0.39 is 8.32 Å². The van der Waals surface area contributed by atoms with Crippen molar-refractivity contribution < 1.29 is 32.8 Å². The van der Waals surface area contributed by atoms with Crippen LogP contribution in [0.4, 0.5) is 0 Å². The summed E-state index contributed by atoms with van der Waals surface area (Å²) in [5.74, 6) is 0. The van der Waals surface area contributed by atoms with Crippen molar-refractivity contribution in [2.24, 2.45) is 0 Å². The van der Waals surface area contributed by atoms with Crippen LogP contribution in [0.2, 0.25) is 18.1 Å². The van der Waals surface area contributed by atoms with E-state index in [1.165, 1.54) is 0 Å². The van der Waals surface area contributed by atoms with E-state index in [2.05, 4.69) is 40.8 Å². The maximum absolute atomic E-state index is 6.06. The lowest BCUT2D eigenvalue weighted by molar-refractivity contribution is -0.0180. The summed E-state index contributed by atoms with van der Waals surface area (Å²) in [5, 5.41) is 0.234. The molecule has 0 radical (unpaired) electrons. The molecule has 0 N–H and O–H groups in total. The van der Waals surface area contributed by atoms with E-state index in [-0.39, 0.29) is 5.04 Å². The summed E-state index contributed by atoms with van der Waals surface area (Å²) in [5.41, 5.74) is 0. The molecule has 30 heavy (non-hydrogen) atoms. The van der Waals surface area contributed by atoms with Gasteiger partial charge in [-0.3, -0.25) is 0 Å². The highest BCUT2D eigenvalue weighted by Gasteiger charge is 2.36. The van der Waals surface area contributed by atoms with Gasteiger partial charge in [-0.05, 0) is 24.6 Å². The smallest absolute Gasteiger partial charge is 0.192 e. The lowest BCUT2D eigenvalue weighted by Crippen LogP contribution is -2.41. The fourth-order valence-corrected chi connectivity index (χ4v) is 3.05. The van der Waals surface area contributed by atoms with Crippen LogP contribution in [-0.2, 0) is 32.8 Å². The second-order valence-corrected chi connectivity index (χ2v) is 13.4. The SMILES string of the molecule is CCCCOCCOCCOCCOCCOCCOCCO[Si](C)(C)C(C)(C)C. The topological polar surface area (TPSA) is 64.6 Å². The van der Waals surface area contributed by atoms with Crippen LogP contribution in [0.5, 0.6) is 0 Å². The minimum atomic E-state index is -1.67. The molecule has 182 valence electrons. The summed E-state index contributed by atoms with van der Waals surface area (Å²) in [6.07, 6.45) is 2.26. The minimum Gasteiger partial charge on any atom is -0.414 e. The average Bonchev–Trinajstić information content (AvgIpc) is 2.68. The molecule has 0 unspecified atom stereocenters. The molecule has 0 aromatic rings. The molecule has 0 fully saturated rings. The highest BCUT2D eigenvalue weighted by atomic mass is 28.4. The van der Waals surface area contributed by atoms with Crippen molar-refractivity contribution in [3.63, 3.8) is 0 Å². The molecule has 0 amide bonds. The fourth-order valence-electron chi connectivity index (χ4n) is 2.02. The van der Waals surface area contributed by atoms with E-state index in [0.717, 1.165) is 19.4 Å². The van der Waals surface area contributed by atoms with E-state index in [0.29, 0.717) is 79.3 Å². The molecule has 0 spiro atoms. The van der Waals surface area contributed by atoms with Crippen molar-refractivity contribution >= 4 is 8.32 Å². The highest BCUT2D eigenvalue weighted by molar-refractivity contribution is 6.74. The summed E-state index contributed by atoms with van der Waals surface area (Å²) >= 11 is 0. The van der Waals surface area contributed by atoms with Gasteiger partial charge in [-0.1, -0.05) is 34.1 Å². The van der Waals surface area contributed by atoms with Crippen LogP contribution < -0.4 is 0 Å². The molecule has 0 atom stereocenters. The molecule has 0 aliphatic rings. The lowest BCUT2D eigenvalue weighted by atomic mass is 10.2. The quantitative estimate of drug-likeness (QED) is 0.182. The van der Waals surface area contributed by atoms with Crippen LogP contribution >= 0.6 is 0 Å². The van der Waals surface area contributed by atoms with Crippen LogP contribution in [-0.4, -0.2) is 94.2 Å². The van der Waals surface area contributed by atoms with Crippen molar-refractivity contribution in [1.82, 2.24) is 0 Å². The molecule has 0 aromatic heterocycles. The summed E-state index contributed by atoms with van der Waals surface area (Å²) in [6.45, 7) is 21.3. The van der Waals surface area contributed by atoms with Crippen LogP contribution in [0, 0.1) is 0 Å². The van der Waals surface area contributed by atoms with Crippen molar-refractivity contribution in [3.8, 4) is 0 Å². The van der Waals surface area contributed by atoms with Gasteiger partial charge in [0.15, 0.2) is 8.32 Å². The summed E-state index contributed by atoms with van der Waals surface area (Å²) in [6, 6.07) is 0. The summed E-state index contributed by atoms with van der Waals surface area (Å²) in [7, 11) is -1.67. The molecular weight excluding hydrogens is 404 g/mol. The van der Waals surface area contributed by atoms with Crippen molar-refractivity contribution in [2.75, 3.05) is 85.9 Å². The summed E-state index contributed by atoms with van der Waals surface area (Å²) < 4.78 is 38.8. The molecule has 0 saturated heterocycles. The first kappa shape index (κ1) is 29.9. The van der Waals surface area contributed by atoms with Crippen LogP contribution in [0.15, 0.2) is 0 Å². The van der Waals surface area contributed by atoms with Gasteiger partial charge in [0.05, 0.1) is 79.3 Å². The normalized spacial score (nSPS) is 12.6. The van der Waals surface area contributed by atoms with E-state index in [1.807, 2.05) is 0 Å². The second kappa shape index (κ2) is 19.6. The Morgan fingerprint density at radius 2 is 0.800 bits per heavy atom. The van der Waals surface area contributed by atoms with Gasteiger partial charge in [0.25, 0.3) is 0 Å². The van der Waals surface area contributed by atoms with E-state index in [9.17, 15) is 0 Å². The lowest BCUT2D eigenvalue weighted by Gasteiger charge is -2.36. The van der Waals surface area contributed by atoms with Crippen molar-refractivity contribution in [3.05, 3.63) is 0 Å². The third kappa shape index (κ3) is 18.7. The Morgan fingerprint density at radius 1 is 0.500 bits per heavy atom. The van der Waals surface area contributed by atoms with Gasteiger partial charge in [-0.15, -0.1) is 0 Å². The first-order valence-electron chi connectivity index (χ1n) is 11.4. The second-order valence-electron chi connectivity index (χ2n) is 8.64. The van der Waals surface area contributed by atoms with Gasteiger partial charge in [0, 0.05) is 6.61 Å². The predicted molar refractivity (Wildman–Crippen MR) is 123 cm³/mol. The molecule has 8 heteroatoms. The molecular formula is C22H48O7Si. The van der Waals surface area contributed by atoms with Gasteiger partial charge in [0.2, 0.25) is 0 Å². The molecule has 0 heterocycles. The van der Waals surface area contributed by atoms with E-state index >= 15 is 0 Å². The molecule has 0 rings (SSSR count). The Morgan fingerprint density at radius 3 is 1.10 bits per heavy atom. The zero-order valence-electron chi connectivity index (χ0n) is 20.5. The highest BCUT2D eigenvalue weighted by Crippen LogP contribution is 2.36. The van der Waals surface area contributed by atoms with Crippen LogP contribution in [0.1, 0.15) is 40.5 Å². The maximum Gasteiger partial charge on any atom is 0.192 e. The van der Waals surface area contributed by atoms with Crippen molar-refractivity contribution in [1.29, 1.82) is 0 Å². The molecule has 0 saturated carbocycles. The van der Waals surface area contributed by atoms with E-state index in [4.69, 9.17) is 32.8 Å². The minimum absolute atomic E-state index is 0.234. The zero-order chi connectivity index (χ0) is 22.6. The monoisotopic (exact) mass is 452 g/mol.